The lowest BCUT2D eigenvalue weighted by Crippen LogP contribution is -2.51. The zero-order valence-electron chi connectivity index (χ0n) is 30.0. The Kier molecular flexibility index (Phi) is 11.5. The van der Waals surface area contributed by atoms with E-state index < -0.39 is 65.2 Å². The van der Waals surface area contributed by atoms with Gasteiger partial charge in [-0.05, 0) is 57.0 Å². The summed E-state index contributed by atoms with van der Waals surface area (Å²) in [5, 5.41) is 12.6. The van der Waals surface area contributed by atoms with Crippen LogP contribution in [-0.4, -0.2) is 57.0 Å². The number of aliphatic hydroxyl groups excluding tert-OH is 1. The van der Waals surface area contributed by atoms with Crippen LogP contribution in [0.1, 0.15) is 60.3 Å². The van der Waals surface area contributed by atoms with Crippen molar-refractivity contribution in [1.82, 2.24) is 19.4 Å². The van der Waals surface area contributed by atoms with Crippen molar-refractivity contribution >= 4 is 17.5 Å². The van der Waals surface area contributed by atoms with E-state index in [2.05, 4.69) is 16.8 Å². The number of ether oxygens (including phenoxy) is 1. The molecule has 1 saturated heterocycles. The largest absolute Gasteiger partial charge is 0.508 e. The Balaban J connectivity index is 1.57. The van der Waals surface area contributed by atoms with Crippen molar-refractivity contribution < 1.29 is 32.2 Å². The number of nitrogens with one attached hydrogen (secondary N) is 1. The molecule has 2 N–H and O–H groups in total. The molecule has 1 aliphatic heterocycles. The summed E-state index contributed by atoms with van der Waals surface area (Å²) in [7, 11) is 0. The molecule has 5 rings (SSSR count). The minimum Gasteiger partial charge on any atom is -0.508 e. The second-order valence-electron chi connectivity index (χ2n) is 14.0. The number of halogens is 4. The van der Waals surface area contributed by atoms with Crippen LogP contribution in [0.15, 0.2) is 89.0 Å². The smallest absolute Gasteiger partial charge is 0.416 e. The standard InChI is InChI=1S/C39H43F4N5O5/c1-25-34(46-19-17-45(18-20-46)22-27-11-9-14-29(21-27)26(2)49)35(50)48(24-33(28-12-7-6-8-13-28)44-36(51)53-38(3,4)5)37(52)47(25)23-30-31(39(41,42)43)15-10-16-32(30)40/h6-16,21,33,49H,2,17-20,22-24H2,1,3-5H3,(H,44,51)/t33-/m0/s1. The maximum Gasteiger partial charge on any atom is 0.416 e. The van der Waals surface area contributed by atoms with Crippen LogP contribution in [0, 0.1) is 12.7 Å². The molecule has 0 saturated carbocycles. The number of piperazine rings is 1. The topological polar surface area (TPSA) is 109 Å². The third-order valence-corrected chi connectivity index (χ3v) is 9.01. The molecule has 0 radical (unpaired) electrons. The summed E-state index contributed by atoms with van der Waals surface area (Å²) in [5.74, 6) is -1.20. The molecule has 282 valence electrons. The second kappa shape index (κ2) is 15.7. The number of rotatable bonds is 10. The van der Waals surface area contributed by atoms with Gasteiger partial charge in [-0.2, -0.15) is 13.2 Å². The number of hydrogen-bond donors (Lipinski definition) is 2. The van der Waals surface area contributed by atoms with Gasteiger partial charge in [-0.15, -0.1) is 0 Å². The molecule has 2 heterocycles. The highest BCUT2D eigenvalue weighted by molar-refractivity contribution is 5.68. The van der Waals surface area contributed by atoms with Crippen LogP contribution in [0.3, 0.4) is 0 Å². The van der Waals surface area contributed by atoms with Crippen molar-refractivity contribution in [1.29, 1.82) is 0 Å². The van der Waals surface area contributed by atoms with Gasteiger partial charge < -0.3 is 20.1 Å². The van der Waals surface area contributed by atoms with Crippen molar-refractivity contribution in [2.24, 2.45) is 0 Å². The average molecular weight is 738 g/mol. The van der Waals surface area contributed by atoms with Crippen LogP contribution in [0.4, 0.5) is 28.0 Å². The second-order valence-corrected chi connectivity index (χ2v) is 14.0. The fourth-order valence-corrected chi connectivity index (χ4v) is 6.43. The van der Waals surface area contributed by atoms with Crippen LogP contribution in [0.25, 0.3) is 5.76 Å². The summed E-state index contributed by atoms with van der Waals surface area (Å²) in [6, 6.07) is 17.5. The molecule has 1 amide bonds. The molecule has 1 aromatic heterocycles. The van der Waals surface area contributed by atoms with E-state index >= 15 is 4.39 Å². The first-order chi connectivity index (χ1) is 24.9. The number of alkyl carbamates (subject to hydrolysis) is 1. The average Bonchev–Trinajstić information content (AvgIpc) is 3.08. The first kappa shape index (κ1) is 38.9. The van der Waals surface area contributed by atoms with E-state index in [1.54, 1.807) is 62.1 Å². The Bertz CT molecular complexity index is 2080. The van der Waals surface area contributed by atoms with Crippen LogP contribution in [0.5, 0.6) is 0 Å². The number of anilines is 1. The Labute approximate surface area is 304 Å². The highest BCUT2D eigenvalue weighted by atomic mass is 19.4. The minimum atomic E-state index is -4.91. The lowest BCUT2D eigenvalue weighted by Gasteiger charge is -2.37. The Morgan fingerprint density at radius 2 is 1.58 bits per heavy atom. The Morgan fingerprint density at radius 3 is 2.21 bits per heavy atom. The zero-order valence-corrected chi connectivity index (χ0v) is 30.0. The summed E-state index contributed by atoms with van der Waals surface area (Å²) in [6.45, 7) is 11.0. The van der Waals surface area contributed by atoms with E-state index in [9.17, 15) is 32.7 Å². The van der Waals surface area contributed by atoms with Crippen LogP contribution >= 0.6 is 0 Å². The molecule has 4 aromatic rings. The number of nitrogens with zero attached hydrogens (tertiary/aromatic N) is 4. The van der Waals surface area contributed by atoms with Gasteiger partial charge >= 0.3 is 18.0 Å². The number of hydrogen-bond acceptors (Lipinski definition) is 7. The molecule has 53 heavy (non-hydrogen) atoms. The van der Waals surface area contributed by atoms with Gasteiger partial charge in [-0.3, -0.25) is 18.8 Å². The van der Waals surface area contributed by atoms with E-state index in [1.807, 2.05) is 18.2 Å². The number of aromatic nitrogens is 2. The van der Waals surface area contributed by atoms with Gasteiger partial charge in [0.05, 0.1) is 24.7 Å². The van der Waals surface area contributed by atoms with E-state index in [1.165, 1.54) is 6.92 Å². The number of carbonyl (C=O) groups excluding carboxylic acids is 1. The van der Waals surface area contributed by atoms with Gasteiger partial charge in [-0.1, -0.05) is 61.2 Å². The molecule has 0 spiro atoms. The van der Waals surface area contributed by atoms with Gasteiger partial charge in [-0.25, -0.2) is 14.0 Å². The van der Waals surface area contributed by atoms with Gasteiger partial charge in [0.1, 0.15) is 22.9 Å². The Morgan fingerprint density at radius 1 is 0.925 bits per heavy atom. The van der Waals surface area contributed by atoms with Crippen molar-refractivity contribution in [2.45, 2.75) is 65.1 Å². The number of aliphatic hydroxyl groups is 1. The van der Waals surface area contributed by atoms with E-state index in [-0.39, 0.29) is 17.1 Å². The molecule has 1 aliphatic rings. The highest BCUT2D eigenvalue weighted by Crippen LogP contribution is 2.34. The fourth-order valence-electron chi connectivity index (χ4n) is 6.43. The molecule has 1 atom stereocenters. The highest BCUT2D eigenvalue weighted by Gasteiger charge is 2.35. The zero-order chi connectivity index (χ0) is 38.7. The van der Waals surface area contributed by atoms with Gasteiger partial charge in [0.2, 0.25) is 0 Å². The van der Waals surface area contributed by atoms with Gasteiger partial charge in [0, 0.05) is 49.5 Å². The number of carbonyl (C=O) groups is 1. The first-order valence-corrected chi connectivity index (χ1v) is 17.1. The predicted octanol–water partition coefficient (Wildman–Crippen LogP) is 6.64. The van der Waals surface area contributed by atoms with Crippen molar-refractivity contribution in [3.63, 3.8) is 0 Å². The monoisotopic (exact) mass is 737 g/mol. The molecule has 1 fully saturated rings. The number of alkyl halides is 3. The van der Waals surface area contributed by atoms with E-state index in [4.69, 9.17) is 4.74 Å². The van der Waals surface area contributed by atoms with Gasteiger partial charge in [0.15, 0.2) is 0 Å². The quantitative estimate of drug-likeness (QED) is 0.139. The molecular weight excluding hydrogens is 694 g/mol. The SMILES string of the molecule is C=C(O)c1cccc(CN2CCN(c3c(C)n(Cc4c(F)cccc4C(F)(F)F)c(=O)n(C[C@H](NC(=O)OC(C)(C)C)c4ccccc4)c3=O)CC2)c1. The normalized spacial score (nSPS) is 14.5. The lowest BCUT2D eigenvalue weighted by atomic mass is 10.1. The third kappa shape index (κ3) is 9.36. The van der Waals surface area contributed by atoms with Crippen LogP contribution < -0.4 is 21.5 Å². The summed E-state index contributed by atoms with van der Waals surface area (Å²) >= 11 is 0. The molecule has 0 bridgehead atoms. The molecule has 10 nitrogen and oxygen atoms in total. The number of benzene rings is 3. The lowest BCUT2D eigenvalue weighted by molar-refractivity contribution is -0.138. The molecule has 0 aliphatic carbocycles. The van der Waals surface area contributed by atoms with Crippen molar-refractivity contribution in [2.75, 3.05) is 31.1 Å². The fraction of sp³-hybridized carbons (Fsp3) is 0.359. The summed E-state index contributed by atoms with van der Waals surface area (Å²) in [6.07, 6.45) is -5.72. The summed E-state index contributed by atoms with van der Waals surface area (Å²) < 4.78 is 64.8. The van der Waals surface area contributed by atoms with Gasteiger partial charge in [0.25, 0.3) is 5.56 Å². The Hall–Kier alpha value is -5.37. The summed E-state index contributed by atoms with van der Waals surface area (Å²) in [4.78, 5) is 45.6. The molecular formula is C39H43F4N5O5. The first-order valence-electron chi connectivity index (χ1n) is 17.1. The minimum absolute atomic E-state index is 0.0490. The third-order valence-electron chi connectivity index (χ3n) is 9.01. The molecule has 0 unspecified atom stereocenters. The summed E-state index contributed by atoms with van der Waals surface area (Å²) in [5.41, 5.74) is -2.29. The van der Waals surface area contributed by atoms with Crippen LogP contribution in [0.2, 0.25) is 0 Å². The maximum absolute atomic E-state index is 15.2. The van der Waals surface area contributed by atoms with Crippen LogP contribution in [-0.2, 0) is 30.5 Å². The molecule has 14 heteroatoms. The predicted molar refractivity (Wildman–Crippen MR) is 194 cm³/mol. The number of amides is 1. The van der Waals surface area contributed by atoms with E-state index in [0.29, 0.717) is 43.9 Å². The maximum atomic E-state index is 15.2. The van der Waals surface area contributed by atoms with Crippen molar-refractivity contribution in [3.05, 3.63) is 140 Å². The van der Waals surface area contributed by atoms with E-state index in [0.717, 1.165) is 32.9 Å². The van der Waals surface area contributed by atoms with Crippen molar-refractivity contribution in [3.8, 4) is 0 Å². The molecule has 3 aromatic carbocycles.